The highest BCUT2D eigenvalue weighted by Gasteiger charge is 2.80. The summed E-state index contributed by atoms with van der Waals surface area (Å²) in [5, 5.41) is 36.5. The minimum atomic E-state index is -1.86. The Morgan fingerprint density at radius 1 is 1.17 bits per heavy atom. The monoisotopic (exact) mass is 669 g/mol. The van der Waals surface area contributed by atoms with Gasteiger partial charge in [-0.2, -0.15) is 0 Å². The number of likely N-dealkylation sites (N-methyl/N-ethyl adjacent to an activating group) is 1. The fraction of sp³-hybridized carbons (Fsp3) is 0.556. The minimum absolute atomic E-state index is 0.160. The van der Waals surface area contributed by atoms with Gasteiger partial charge in [0.2, 0.25) is 17.4 Å². The molecule has 2 amide bonds. The van der Waals surface area contributed by atoms with Crippen molar-refractivity contribution in [1.82, 2.24) is 15.2 Å². The van der Waals surface area contributed by atoms with E-state index in [2.05, 4.69) is 10.3 Å². The van der Waals surface area contributed by atoms with Gasteiger partial charge in [-0.25, -0.2) is 9.78 Å². The molecule has 2 saturated heterocycles. The SMILES string of the molecule is CO[C@@H](C[C@@H](C)[C@@H](O)/C=C/C=C/CNC(=O)C(C)(C)[C@H](O)/C(C)=C\C=C/C=CCc1cnco1)[C@]1(O)[C@@H](C)C(=O)N(C)[C@]12C(=O)O[C@@H]2C. The molecule has 3 rings (SSSR count). The summed E-state index contributed by atoms with van der Waals surface area (Å²) in [5.41, 5.74) is -3.87. The Bertz CT molecular complexity index is 1430. The van der Waals surface area contributed by atoms with Gasteiger partial charge >= 0.3 is 5.97 Å². The molecule has 2 fully saturated rings. The summed E-state index contributed by atoms with van der Waals surface area (Å²) in [6.07, 6.45) is 16.0. The molecule has 3 heterocycles. The molecular formula is C36H51N3O9. The van der Waals surface area contributed by atoms with Gasteiger partial charge < -0.3 is 39.4 Å². The van der Waals surface area contributed by atoms with Crippen LogP contribution in [0, 0.1) is 17.3 Å². The van der Waals surface area contributed by atoms with Gasteiger partial charge in [0.25, 0.3) is 0 Å². The van der Waals surface area contributed by atoms with Gasteiger partial charge in [0.1, 0.15) is 17.5 Å². The quantitative estimate of drug-likeness (QED) is 0.152. The molecule has 0 radical (unpaired) electrons. The molecule has 0 aliphatic carbocycles. The molecule has 12 nitrogen and oxygen atoms in total. The van der Waals surface area contributed by atoms with Crippen molar-refractivity contribution in [3.63, 3.8) is 0 Å². The number of likely N-dealkylation sites (tertiary alicyclic amines) is 1. The molecule has 1 spiro atoms. The van der Waals surface area contributed by atoms with Gasteiger partial charge in [-0.05, 0) is 45.6 Å². The van der Waals surface area contributed by atoms with E-state index in [4.69, 9.17) is 13.9 Å². The molecule has 0 aromatic carbocycles. The highest BCUT2D eigenvalue weighted by Crippen LogP contribution is 2.54. The van der Waals surface area contributed by atoms with Crippen molar-refractivity contribution in [1.29, 1.82) is 0 Å². The number of esters is 1. The molecule has 1 aromatic heterocycles. The van der Waals surface area contributed by atoms with E-state index in [1.54, 1.807) is 84.2 Å². The molecule has 0 saturated carbocycles. The lowest BCUT2D eigenvalue weighted by atomic mass is 9.65. The average molecular weight is 670 g/mol. The summed E-state index contributed by atoms with van der Waals surface area (Å²) in [7, 11) is 2.89. The number of methoxy groups -OCH3 is 1. The number of hydrogen-bond donors (Lipinski definition) is 4. The molecular weight excluding hydrogens is 618 g/mol. The first-order chi connectivity index (χ1) is 22.6. The minimum Gasteiger partial charge on any atom is -0.457 e. The number of cyclic esters (lactones) is 1. The number of hydrogen-bond acceptors (Lipinski definition) is 10. The number of nitrogens with one attached hydrogen (secondary N) is 1. The fourth-order valence-corrected chi connectivity index (χ4v) is 6.61. The van der Waals surface area contributed by atoms with E-state index in [9.17, 15) is 29.7 Å². The van der Waals surface area contributed by atoms with Crippen LogP contribution >= 0.6 is 0 Å². The molecule has 2 aliphatic heterocycles. The van der Waals surface area contributed by atoms with Crippen molar-refractivity contribution in [3.8, 4) is 0 Å². The number of allylic oxidation sites excluding steroid dienone is 7. The standard InChI is InChI=1S/C36H51N3O9/c1-23(16-12-9-10-13-17-27-21-37-22-47-27)30(41)34(5,6)32(43)38-19-15-11-14-18-28(40)24(2)20-29(46-8)36(45)25(3)31(42)39(7)35(36)26(4)48-33(35)44/h9-16,18,21-22,24-26,28-30,40-41,45H,17,19-20H2,1-8H3,(H,38,43)/b12-9-,13-10?,15-11+,18-14+,23-16-/t24-,25+,26-,28+,29+,30-,35-,36-/m1/s1. The summed E-state index contributed by atoms with van der Waals surface area (Å²) >= 11 is 0. The van der Waals surface area contributed by atoms with Crippen LogP contribution in [0.3, 0.4) is 0 Å². The van der Waals surface area contributed by atoms with E-state index < -0.39 is 58.8 Å². The maximum Gasteiger partial charge on any atom is 0.339 e. The van der Waals surface area contributed by atoms with Gasteiger partial charge in [0.05, 0.1) is 35.8 Å². The number of aliphatic hydroxyl groups excluding tert-OH is 2. The number of amides is 2. The molecule has 2 aliphatic rings. The number of aromatic nitrogens is 1. The number of nitrogens with zero attached hydrogens (tertiary/aromatic N) is 2. The molecule has 4 N–H and O–H groups in total. The first-order valence-electron chi connectivity index (χ1n) is 16.2. The third-order valence-electron chi connectivity index (χ3n) is 9.78. The molecule has 8 atom stereocenters. The second-order valence-corrected chi connectivity index (χ2v) is 13.2. The molecule has 0 bridgehead atoms. The lowest BCUT2D eigenvalue weighted by Crippen LogP contribution is -2.80. The Morgan fingerprint density at radius 2 is 1.85 bits per heavy atom. The highest BCUT2D eigenvalue weighted by atomic mass is 16.6. The zero-order valence-corrected chi connectivity index (χ0v) is 29.1. The molecule has 48 heavy (non-hydrogen) atoms. The van der Waals surface area contributed by atoms with E-state index in [1.807, 2.05) is 18.2 Å². The Balaban J connectivity index is 1.50. The Hall–Kier alpha value is -3.84. The van der Waals surface area contributed by atoms with E-state index in [0.717, 1.165) is 5.76 Å². The van der Waals surface area contributed by atoms with Crippen LogP contribution in [0.2, 0.25) is 0 Å². The lowest BCUT2D eigenvalue weighted by Gasteiger charge is -2.55. The smallest absolute Gasteiger partial charge is 0.339 e. The zero-order valence-electron chi connectivity index (χ0n) is 29.1. The van der Waals surface area contributed by atoms with Crippen LogP contribution in [-0.4, -0.2) is 99.2 Å². The second kappa shape index (κ2) is 16.0. The molecule has 0 unspecified atom stereocenters. The largest absolute Gasteiger partial charge is 0.457 e. The maximum atomic E-state index is 12.9. The molecule has 264 valence electrons. The number of ether oxygens (including phenoxy) is 2. The van der Waals surface area contributed by atoms with Crippen molar-refractivity contribution < 1.29 is 43.6 Å². The Kier molecular flexibility index (Phi) is 12.9. The first-order valence-corrected chi connectivity index (χ1v) is 16.2. The van der Waals surface area contributed by atoms with E-state index in [0.29, 0.717) is 12.0 Å². The summed E-state index contributed by atoms with van der Waals surface area (Å²) in [6, 6.07) is 0. The van der Waals surface area contributed by atoms with Crippen LogP contribution in [-0.2, 0) is 30.3 Å². The van der Waals surface area contributed by atoms with Crippen LogP contribution in [0.5, 0.6) is 0 Å². The van der Waals surface area contributed by atoms with Gasteiger partial charge in [-0.15, -0.1) is 0 Å². The van der Waals surface area contributed by atoms with E-state index >= 15 is 0 Å². The first kappa shape index (κ1) is 38.6. The maximum absolute atomic E-state index is 12.9. The van der Waals surface area contributed by atoms with Gasteiger partial charge in [0.15, 0.2) is 6.39 Å². The van der Waals surface area contributed by atoms with Crippen LogP contribution < -0.4 is 5.32 Å². The topological polar surface area (TPSA) is 172 Å². The Labute approximate surface area is 282 Å². The van der Waals surface area contributed by atoms with Crippen molar-refractivity contribution in [2.45, 2.75) is 89.9 Å². The van der Waals surface area contributed by atoms with Gasteiger partial charge in [0, 0.05) is 27.1 Å². The normalized spacial score (nSPS) is 27.7. The molecule has 12 heteroatoms. The molecule has 1 aromatic rings. The van der Waals surface area contributed by atoms with Crippen LogP contribution in [0.25, 0.3) is 0 Å². The lowest BCUT2D eigenvalue weighted by molar-refractivity contribution is -0.255. The van der Waals surface area contributed by atoms with Crippen molar-refractivity contribution >= 4 is 17.8 Å². The van der Waals surface area contributed by atoms with Crippen molar-refractivity contribution in [2.24, 2.45) is 17.3 Å². The third-order valence-corrected chi connectivity index (χ3v) is 9.78. The van der Waals surface area contributed by atoms with Crippen LogP contribution in [0.4, 0.5) is 0 Å². The van der Waals surface area contributed by atoms with E-state index in [-0.39, 0.29) is 24.8 Å². The van der Waals surface area contributed by atoms with Crippen molar-refractivity contribution in [3.05, 3.63) is 78.6 Å². The highest BCUT2D eigenvalue weighted by molar-refractivity contribution is 5.99. The summed E-state index contributed by atoms with van der Waals surface area (Å²) in [5.74, 6) is -1.95. The number of carbonyl (C=O) groups excluding carboxylic acids is 3. The summed E-state index contributed by atoms with van der Waals surface area (Å²) < 4.78 is 16.0. The van der Waals surface area contributed by atoms with Crippen molar-refractivity contribution in [2.75, 3.05) is 20.7 Å². The number of rotatable bonds is 16. The third kappa shape index (κ3) is 7.41. The van der Waals surface area contributed by atoms with E-state index in [1.165, 1.54) is 25.5 Å². The number of oxazole rings is 1. The predicted octanol–water partition coefficient (Wildman–Crippen LogP) is 2.82. The van der Waals surface area contributed by atoms with Gasteiger partial charge in [-0.3, -0.25) is 9.59 Å². The number of carbonyl (C=O) groups is 3. The zero-order chi connectivity index (χ0) is 35.9. The number of aliphatic hydroxyl groups is 3. The predicted molar refractivity (Wildman–Crippen MR) is 179 cm³/mol. The fourth-order valence-electron chi connectivity index (χ4n) is 6.61. The summed E-state index contributed by atoms with van der Waals surface area (Å²) in [4.78, 5) is 43.7. The summed E-state index contributed by atoms with van der Waals surface area (Å²) in [6.45, 7) is 10.3. The average Bonchev–Trinajstić information content (AvgIpc) is 3.63. The van der Waals surface area contributed by atoms with Crippen LogP contribution in [0.1, 0.15) is 53.7 Å². The Morgan fingerprint density at radius 3 is 2.46 bits per heavy atom. The van der Waals surface area contributed by atoms with Crippen LogP contribution in [0.15, 0.2) is 77.3 Å². The van der Waals surface area contributed by atoms with Gasteiger partial charge in [-0.1, -0.05) is 68.5 Å². The second-order valence-electron chi connectivity index (χ2n) is 13.2.